The number of methoxy groups -OCH3 is 1. The number of phenols is 1. The number of ether oxygens (including phenoxy) is 2. The number of nitrogens with zero attached hydrogens (tertiary/aromatic N) is 1. The minimum atomic E-state index is -0.709. The summed E-state index contributed by atoms with van der Waals surface area (Å²) >= 11 is 0. The molecule has 1 fully saturated rings. The van der Waals surface area contributed by atoms with E-state index >= 15 is 0 Å². The number of cyclic esters (lactones) is 1. The molecule has 1 aliphatic rings. The van der Waals surface area contributed by atoms with Crippen LogP contribution in [-0.4, -0.2) is 36.9 Å². The van der Waals surface area contributed by atoms with E-state index in [0.29, 0.717) is 22.6 Å². The van der Waals surface area contributed by atoms with E-state index in [2.05, 4.69) is 5.32 Å². The van der Waals surface area contributed by atoms with Gasteiger partial charge in [-0.25, -0.2) is 9.18 Å². The molecule has 2 atom stereocenters. The standard InChI is InChI=1S/C24H21FN2O5/c1-31-20-12-4-16(5-13-20)23(29)26-14-21-22(15-2-10-19(28)11-3-15)27(24(30)32-21)18-8-6-17(25)7-9-18/h2-13,21-22,28H,14H2,1H3,(H,26,29)/t21-,22?/m1/s1. The van der Waals surface area contributed by atoms with Crippen molar-refractivity contribution in [1.29, 1.82) is 0 Å². The zero-order valence-corrected chi connectivity index (χ0v) is 17.2. The van der Waals surface area contributed by atoms with Gasteiger partial charge in [0.2, 0.25) is 0 Å². The third kappa shape index (κ3) is 4.34. The second kappa shape index (κ2) is 8.97. The summed E-state index contributed by atoms with van der Waals surface area (Å²) in [6.07, 6.45) is -1.32. The van der Waals surface area contributed by atoms with Crippen molar-refractivity contribution in [3.8, 4) is 11.5 Å². The van der Waals surface area contributed by atoms with E-state index in [9.17, 15) is 19.1 Å². The van der Waals surface area contributed by atoms with Gasteiger partial charge in [0.1, 0.15) is 29.5 Å². The Kier molecular flexibility index (Phi) is 5.93. The first-order valence-corrected chi connectivity index (χ1v) is 9.93. The molecule has 2 N–H and O–H groups in total. The van der Waals surface area contributed by atoms with E-state index in [1.807, 2.05) is 0 Å². The lowest BCUT2D eigenvalue weighted by Crippen LogP contribution is -2.37. The highest BCUT2D eigenvalue weighted by molar-refractivity contribution is 5.94. The van der Waals surface area contributed by atoms with E-state index < -0.39 is 24.1 Å². The van der Waals surface area contributed by atoms with E-state index in [0.717, 1.165) is 0 Å². The Morgan fingerprint density at radius 2 is 1.72 bits per heavy atom. The number of carbonyl (C=O) groups excluding carboxylic acids is 2. The first-order chi connectivity index (χ1) is 15.5. The van der Waals surface area contributed by atoms with E-state index in [1.165, 1.54) is 41.3 Å². The summed E-state index contributed by atoms with van der Waals surface area (Å²) in [5.41, 5.74) is 1.59. The van der Waals surface area contributed by atoms with Gasteiger partial charge in [0.15, 0.2) is 0 Å². The van der Waals surface area contributed by atoms with Gasteiger partial charge < -0.3 is 19.9 Å². The van der Waals surface area contributed by atoms with Gasteiger partial charge in [0, 0.05) is 11.3 Å². The van der Waals surface area contributed by atoms with Crippen LogP contribution in [0.2, 0.25) is 0 Å². The monoisotopic (exact) mass is 436 g/mol. The zero-order valence-electron chi connectivity index (χ0n) is 17.2. The normalized spacial score (nSPS) is 17.7. The highest BCUT2D eigenvalue weighted by Crippen LogP contribution is 2.37. The van der Waals surface area contributed by atoms with Crippen molar-refractivity contribution >= 4 is 17.7 Å². The minimum absolute atomic E-state index is 0.0554. The number of nitrogens with one attached hydrogen (secondary N) is 1. The SMILES string of the molecule is COc1ccc(C(=O)NC[C@H]2OC(=O)N(c3ccc(F)cc3)C2c2ccc(O)cc2)cc1. The highest BCUT2D eigenvalue weighted by atomic mass is 19.1. The van der Waals surface area contributed by atoms with Crippen molar-refractivity contribution in [2.75, 3.05) is 18.6 Å². The van der Waals surface area contributed by atoms with Crippen molar-refractivity contribution in [3.05, 3.63) is 89.7 Å². The number of hydrogen-bond donors (Lipinski definition) is 2. The first-order valence-electron chi connectivity index (χ1n) is 9.93. The Hall–Kier alpha value is -4.07. The summed E-state index contributed by atoms with van der Waals surface area (Å²) in [6, 6.07) is 17.9. The second-order valence-electron chi connectivity index (χ2n) is 7.24. The van der Waals surface area contributed by atoms with Crippen LogP contribution >= 0.6 is 0 Å². The largest absolute Gasteiger partial charge is 0.508 e. The highest BCUT2D eigenvalue weighted by Gasteiger charge is 2.43. The molecule has 3 aromatic carbocycles. The Labute approximate surface area is 184 Å². The molecule has 0 saturated carbocycles. The fourth-order valence-electron chi connectivity index (χ4n) is 3.62. The lowest BCUT2D eigenvalue weighted by atomic mass is 9.99. The number of rotatable bonds is 6. The fraction of sp³-hybridized carbons (Fsp3) is 0.167. The van der Waals surface area contributed by atoms with Crippen molar-refractivity contribution in [2.24, 2.45) is 0 Å². The Bertz CT molecular complexity index is 1100. The predicted molar refractivity (Wildman–Crippen MR) is 115 cm³/mol. The Balaban J connectivity index is 1.58. The molecule has 1 heterocycles. The van der Waals surface area contributed by atoms with Crippen molar-refractivity contribution in [1.82, 2.24) is 5.32 Å². The number of phenolic OH excluding ortho intramolecular Hbond substituents is 1. The predicted octanol–water partition coefficient (Wildman–Crippen LogP) is 4.04. The first kappa shape index (κ1) is 21.2. The summed E-state index contributed by atoms with van der Waals surface area (Å²) in [5, 5.41) is 12.4. The third-order valence-corrected chi connectivity index (χ3v) is 5.23. The van der Waals surface area contributed by atoms with Gasteiger partial charge in [0.25, 0.3) is 5.91 Å². The molecule has 32 heavy (non-hydrogen) atoms. The smallest absolute Gasteiger partial charge is 0.415 e. The quantitative estimate of drug-likeness (QED) is 0.609. The molecule has 164 valence electrons. The summed E-state index contributed by atoms with van der Waals surface area (Å²) in [6.45, 7) is 0.0554. The van der Waals surface area contributed by atoms with Crippen LogP contribution in [-0.2, 0) is 4.74 Å². The van der Waals surface area contributed by atoms with Crippen molar-refractivity contribution in [3.63, 3.8) is 0 Å². The van der Waals surface area contributed by atoms with Crippen molar-refractivity contribution < 1.29 is 28.6 Å². The van der Waals surface area contributed by atoms with Crippen LogP contribution < -0.4 is 15.0 Å². The molecule has 1 aliphatic heterocycles. The van der Waals surface area contributed by atoms with Gasteiger partial charge in [-0.05, 0) is 66.2 Å². The average molecular weight is 436 g/mol. The number of hydrogen-bond acceptors (Lipinski definition) is 5. The number of carbonyl (C=O) groups is 2. The molecule has 0 spiro atoms. The van der Waals surface area contributed by atoms with Gasteiger partial charge in [0.05, 0.1) is 13.7 Å². The van der Waals surface area contributed by atoms with Crippen LogP contribution in [0.25, 0.3) is 0 Å². The lowest BCUT2D eigenvalue weighted by Gasteiger charge is -2.25. The second-order valence-corrected chi connectivity index (χ2v) is 7.24. The third-order valence-electron chi connectivity index (χ3n) is 5.23. The van der Waals surface area contributed by atoms with Crippen LogP contribution in [0.4, 0.5) is 14.9 Å². The molecular weight excluding hydrogens is 415 g/mol. The van der Waals surface area contributed by atoms with Crippen LogP contribution in [0, 0.1) is 5.82 Å². The molecule has 0 aromatic heterocycles. The van der Waals surface area contributed by atoms with Gasteiger partial charge in [-0.2, -0.15) is 0 Å². The molecular formula is C24H21FN2O5. The fourth-order valence-corrected chi connectivity index (χ4v) is 3.62. The Morgan fingerprint density at radius 3 is 2.34 bits per heavy atom. The van der Waals surface area contributed by atoms with Crippen LogP contribution in [0.3, 0.4) is 0 Å². The van der Waals surface area contributed by atoms with Crippen LogP contribution in [0.1, 0.15) is 22.0 Å². The Morgan fingerprint density at radius 1 is 1.06 bits per heavy atom. The van der Waals surface area contributed by atoms with Gasteiger partial charge in [-0.3, -0.25) is 9.69 Å². The maximum absolute atomic E-state index is 13.4. The maximum Gasteiger partial charge on any atom is 0.415 e. The molecule has 7 nitrogen and oxygen atoms in total. The number of halogens is 1. The van der Waals surface area contributed by atoms with Gasteiger partial charge >= 0.3 is 6.09 Å². The summed E-state index contributed by atoms with van der Waals surface area (Å²) in [5.74, 6) is -0.0375. The van der Waals surface area contributed by atoms with Crippen LogP contribution in [0.5, 0.6) is 11.5 Å². The topological polar surface area (TPSA) is 88.1 Å². The zero-order chi connectivity index (χ0) is 22.7. The molecule has 1 saturated heterocycles. The summed E-state index contributed by atoms with van der Waals surface area (Å²) in [4.78, 5) is 26.7. The number of amides is 2. The van der Waals surface area contributed by atoms with Gasteiger partial charge in [-0.15, -0.1) is 0 Å². The van der Waals surface area contributed by atoms with E-state index in [1.54, 1.807) is 43.5 Å². The summed E-state index contributed by atoms with van der Waals surface area (Å²) in [7, 11) is 1.54. The molecule has 1 unspecified atom stereocenters. The molecule has 4 rings (SSSR count). The maximum atomic E-state index is 13.4. The lowest BCUT2D eigenvalue weighted by molar-refractivity contribution is 0.0902. The summed E-state index contributed by atoms with van der Waals surface area (Å²) < 4.78 is 24.1. The molecule has 8 heteroatoms. The number of benzene rings is 3. The van der Waals surface area contributed by atoms with Crippen molar-refractivity contribution in [2.45, 2.75) is 12.1 Å². The average Bonchev–Trinajstić information content (AvgIpc) is 3.14. The molecule has 0 radical (unpaired) electrons. The molecule has 2 amide bonds. The number of aromatic hydroxyl groups is 1. The van der Waals surface area contributed by atoms with E-state index in [4.69, 9.17) is 9.47 Å². The number of anilines is 1. The minimum Gasteiger partial charge on any atom is -0.508 e. The van der Waals surface area contributed by atoms with E-state index in [-0.39, 0.29) is 18.2 Å². The van der Waals surface area contributed by atoms with Gasteiger partial charge in [-0.1, -0.05) is 12.1 Å². The molecule has 3 aromatic rings. The molecule has 0 aliphatic carbocycles. The molecule has 0 bridgehead atoms. The van der Waals surface area contributed by atoms with Crippen LogP contribution in [0.15, 0.2) is 72.8 Å².